The van der Waals surface area contributed by atoms with Crippen molar-refractivity contribution in [2.24, 2.45) is 0 Å². The number of ether oxygens (including phenoxy) is 2. The first-order chi connectivity index (χ1) is 7.46. The van der Waals surface area contributed by atoms with Gasteiger partial charge in [-0.3, -0.25) is 0 Å². The number of likely N-dealkylation sites (tertiary alicyclic amines) is 1. The van der Waals surface area contributed by atoms with Crippen molar-refractivity contribution < 1.29 is 14.3 Å². The summed E-state index contributed by atoms with van der Waals surface area (Å²) in [6.07, 6.45) is -0.117. The summed E-state index contributed by atoms with van der Waals surface area (Å²) >= 11 is 0. The lowest BCUT2D eigenvalue weighted by Gasteiger charge is -2.25. The summed E-state index contributed by atoms with van der Waals surface area (Å²) in [4.78, 5) is 13.5. The van der Waals surface area contributed by atoms with E-state index in [2.05, 4.69) is 5.32 Å². The van der Waals surface area contributed by atoms with Crippen LogP contribution in [0.25, 0.3) is 0 Å². The van der Waals surface area contributed by atoms with Gasteiger partial charge in [0.25, 0.3) is 0 Å². The minimum atomic E-state index is -0.431. The van der Waals surface area contributed by atoms with Crippen LogP contribution >= 0.6 is 0 Å². The minimum absolute atomic E-state index is 0.126. The molecular weight excluding hydrogens is 208 g/mol. The fraction of sp³-hybridized carbons (Fsp3) is 0.909. The van der Waals surface area contributed by atoms with E-state index in [1.165, 1.54) is 0 Å². The normalized spacial score (nSPS) is 30.1. The number of carbonyl (C=O) groups excluding carboxylic acids is 1. The highest BCUT2D eigenvalue weighted by molar-refractivity contribution is 5.68. The van der Waals surface area contributed by atoms with Crippen molar-refractivity contribution >= 4 is 6.09 Å². The molecule has 2 aliphatic rings. The van der Waals surface area contributed by atoms with E-state index in [0.717, 1.165) is 13.2 Å². The number of hydrogen-bond donors (Lipinski definition) is 1. The highest BCUT2D eigenvalue weighted by atomic mass is 16.6. The lowest BCUT2D eigenvalue weighted by molar-refractivity contribution is 0.0104. The van der Waals surface area contributed by atoms with E-state index in [0.29, 0.717) is 13.1 Å². The quantitative estimate of drug-likeness (QED) is 0.659. The Balaban J connectivity index is 1.90. The van der Waals surface area contributed by atoms with Crippen molar-refractivity contribution in [1.82, 2.24) is 10.2 Å². The van der Waals surface area contributed by atoms with E-state index in [4.69, 9.17) is 9.47 Å². The molecule has 0 bridgehead atoms. The monoisotopic (exact) mass is 228 g/mol. The predicted molar refractivity (Wildman–Crippen MR) is 59.3 cm³/mol. The van der Waals surface area contributed by atoms with Crippen LogP contribution in [0, 0.1) is 0 Å². The molecule has 0 aromatic carbocycles. The zero-order valence-corrected chi connectivity index (χ0v) is 10.2. The van der Waals surface area contributed by atoms with Gasteiger partial charge in [-0.05, 0) is 20.8 Å². The molecule has 2 unspecified atom stereocenters. The topological polar surface area (TPSA) is 50.8 Å². The van der Waals surface area contributed by atoms with Crippen LogP contribution in [-0.2, 0) is 9.47 Å². The number of amides is 1. The van der Waals surface area contributed by atoms with Gasteiger partial charge >= 0.3 is 6.09 Å². The maximum Gasteiger partial charge on any atom is 0.410 e. The predicted octanol–water partition coefficient (Wildman–Crippen LogP) is 0.594. The van der Waals surface area contributed by atoms with Crippen LogP contribution in [0.4, 0.5) is 4.79 Å². The van der Waals surface area contributed by atoms with Gasteiger partial charge in [0.15, 0.2) is 0 Å². The van der Waals surface area contributed by atoms with Crippen molar-refractivity contribution in [3.63, 3.8) is 0 Å². The molecule has 2 rings (SSSR count). The molecule has 92 valence electrons. The van der Waals surface area contributed by atoms with Gasteiger partial charge in [0.2, 0.25) is 0 Å². The van der Waals surface area contributed by atoms with Crippen LogP contribution < -0.4 is 5.32 Å². The molecular formula is C11H20N2O3. The molecule has 2 fully saturated rings. The second-order valence-electron chi connectivity index (χ2n) is 5.36. The van der Waals surface area contributed by atoms with Crippen LogP contribution in [0.3, 0.4) is 0 Å². The van der Waals surface area contributed by atoms with E-state index < -0.39 is 5.60 Å². The molecule has 2 atom stereocenters. The second-order valence-corrected chi connectivity index (χ2v) is 5.36. The van der Waals surface area contributed by atoms with Crippen LogP contribution in [-0.4, -0.2) is 55.0 Å². The third kappa shape index (κ3) is 2.65. The molecule has 2 heterocycles. The molecule has 2 saturated heterocycles. The Morgan fingerprint density at radius 2 is 2.19 bits per heavy atom. The summed E-state index contributed by atoms with van der Waals surface area (Å²) < 4.78 is 10.9. The molecule has 0 spiro atoms. The number of rotatable bonds is 0. The average Bonchev–Trinajstić information content (AvgIpc) is 2.58. The molecule has 5 heteroatoms. The van der Waals surface area contributed by atoms with Gasteiger partial charge in [-0.2, -0.15) is 0 Å². The molecule has 0 aliphatic carbocycles. The highest BCUT2D eigenvalue weighted by Crippen LogP contribution is 2.19. The van der Waals surface area contributed by atoms with Gasteiger partial charge in [0.1, 0.15) is 5.60 Å². The fourth-order valence-corrected chi connectivity index (χ4v) is 2.07. The van der Waals surface area contributed by atoms with Gasteiger partial charge < -0.3 is 19.7 Å². The van der Waals surface area contributed by atoms with Crippen LogP contribution in [0.5, 0.6) is 0 Å². The van der Waals surface area contributed by atoms with Gasteiger partial charge in [0, 0.05) is 13.1 Å². The molecule has 16 heavy (non-hydrogen) atoms. The third-order valence-electron chi connectivity index (χ3n) is 2.76. The highest BCUT2D eigenvalue weighted by Gasteiger charge is 2.38. The van der Waals surface area contributed by atoms with Crippen LogP contribution in [0.2, 0.25) is 0 Å². The molecule has 1 N–H and O–H groups in total. The first-order valence-corrected chi connectivity index (χ1v) is 5.78. The first kappa shape index (κ1) is 11.7. The standard InChI is InChI=1S/C11H20N2O3/c1-11(2,3)16-10(14)13-6-8-9(7-13)15-5-4-12-8/h8-9,12H,4-7H2,1-3H3. The van der Waals surface area contributed by atoms with Crippen LogP contribution in [0.1, 0.15) is 20.8 Å². The largest absolute Gasteiger partial charge is 0.444 e. The minimum Gasteiger partial charge on any atom is -0.444 e. The van der Waals surface area contributed by atoms with Crippen molar-refractivity contribution in [1.29, 1.82) is 0 Å². The number of nitrogens with one attached hydrogen (secondary N) is 1. The number of morpholine rings is 1. The Morgan fingerprint density at radius 3 is 2.81 bits per heavy atom. The Labute approximate surface area is 96.1 Å². The van der Waals surface area contributed by atoms with E-state index in [9.17, 15) is 4.79 Å². The van der Waals surface area contributed by atoms with Crippen molar-refractivity contribution in [2.45, 2.75) is 38.5 Å². The summed E-state index contributed by atoms with van der Waals surface area (Å²) in [5.74, 6) is 0. The number of hydrogen-bond acceptors (Lipinski definition) is 4. The second kappa shape index (κ2) is 4.22. The zero-order valence-electron chi connectivity index (χ0n) is 10.2. The Kier molecular flexibility index (Phi) is 3.08. The van der Waals surface area contributed by atoms with Gasteiger partial charge in [0.05, 0.1) is 25.3 Å². The number of carbonyl (C=O) groups is 1. The molecule has 0 aromatic rings. The fourth-order valence-electron chi connectivity index (χ4n) is 2.07. The van der Waals surface area contributed by atoms with Crippen LogP contribution in [0.15, 0.2) is 0 Å². The van der Waals surface area contributed by atoms with Gasteiger partial charge in [-0.15, -0.1) is 0 Å². The summed E-state index contributed by atoms with van der Waals surface area (Å²) in [5, 5.41) is 3.35. The summed E-state index contributed by atoms with van der Waals surface area (Å²) in [6, 6.07) is 0.265. The maximum atomic E-state index is 11.8. The SMILES string of the molecule is CC(C)(C)OC(=O)N1CC2NCCOC2C1. The van der Waals surface area contributed by atoms with Crippen molar-refractivity contribution in [3.8, 4) is 0 Å². The number of nitrogens with zero attached hydrogens (tertiary/aromatic N) is 1. The Hall–Kier alpha value is -0.810. The average molecular weight is 228 g/mol. The maximum absolute atomic E-state index is 11.8. The molecule has 0 saturated carbocycles. The van der Waals surface area contributed by atoms with Crippen molar-refractivity contribution in [3.05, 3.63) is 0 Å². The first-order valence-electron chi connectivity index (χ1n) is 5.78. The Bertz CT molecular complexity index is 261. The molecule has 1 amide bonds. The summed E-state index contributed by atoms with van der Waals surface area (Å²) in [6.45, 7) is 8.53. The van der Waals surface area contributed by atoms with E-state index >= 15 is 0 Å². The van der Waals surface area contributed by atoms with E-state index in [1.54, 1.807) is 4.90 Å². The summed E-state index contributed by atoms with van der Waals surface area (Å²) in [7, 11) is 0. The van der Waals surface area contributed by atoms with Crippen molar-refractivity contribution in [2.75, 3.05) is 26.2 Å². The van der Waals surface area contributed by atoms with E-state index in [-0.39, 0.29) is 18.2 Å². The molecule has 5 nitrogen and oxygen atoms in total. The molecule has 0 radical (unpaired) electrons. The Morgan fingerprint density at radius 1 is 1.44 bits per heavy atom. The molecule has 2 aliphatic heterocycles. The lowest BCUT2D eigenvalue weighted by Crippen LogP contribution is -2.47. The smallest absolute Gasteiger partial charge is 0.410 e. The summed E-state index contributed by atoms with van der Waals surface area (Å²) in [5.41, 5.74) is -0.431. The number of fused-ring (bicyclic) bond motifs is 1. The zero-order chi connectivity index (χ0) is 11.8. The van der Waals surface area contributed by atoms with Gasteiger partial charge in [-0.25, -0.2) is 4.79 Å². The molecule has 0 aromatic heterocycles. The third-order valence-corrected chi connectivity index (χ3v) is 2.76. The van der Waals surface area contributed by atoms with E-state index in [1.807, 2.05) is 20.8 Å². The lowest BCUT2D eigenvalue weighted by atomic mass is 10.2. The van der Waals surface area contributed by atoms with Gasteiger partial charge in [-0.1, -0.05) is 0 Å².